The number of nitrogens with zero attached hydrogens (tertiary/aromatic N) is 4. The molecular formula is C14H24N8O. The molecule has 2 saturated heterocycles. The number of amides is 1. The largest absolute Gasteiger partial charge is 0.340 e. The second kappa shape index (κ2) is 6.52. The number of hydrogen-bond acceptors (Lipinski definition) is 7. The van der Waals surface area contributed by atoms with E-state index in [0.29, 0.717) is 18.0 Å². The quantitative estimate of drug-likeness (QED) is 0.543. The van der Waals surface area contributed by atoms with Gasteiger partial charge in [-0.2, -0.15) is 10.6 Å². The standard InChI is InChI=1S/C14H24N8O/c23-14(10-1-2-11-12(7-10)18-20-17-11)22-5-3-21(4-6-22)8-13-15-9-16-19-13/h9-12,17-18,20H,1-8H2,(H,15,16,19). The van der Waals surface area contributed by atoms with Crippen LogP contribution in [0.5, 0.6) is 0 Å². The minimum atomic E-state index is 0.159. The summed E-state index contributed by atoms with van der Waals surface area (Å²) < 4.78 is 0. The Labute approximate surface area is 135 Å². The molecule has 23 heavy (non-hydrogen) atoms. The Kier molecular flexibility index (Phi) is 4.25. The second-order valence-corrected chi connectivity index (χ2v) is 6.67. The molecule has 1 aromatic rings. The van der Waals surface area contributed by atoms with Gasteiger partial charge in [0.15, 0.2) is 0 Å². The Bertz CT molecular complexity index is 527. The SMILES string of the molecule is O=C(C1CCC2NNNC2C1)N1CCN(Cc2ncn[nH]2)CC1. The minimum Gasteiger partial charge on any atom is -0.340 e. The molecule has 0 radical (unpaired) electrons. The van der Waals surface area contributed by atoms with Crippen LogP contribution in [0.25, 0.3) is 0 Å². The first-order valence-electron chi connectivity index (χ1n) is 8.41. The smallest absolute Gasteiger partial charge is 0.225 e. The average molecular weight is 320 g/mol. The molecule has 126 valence electrons. The van der Waals surface area contributed by atoms with Crippen molar-refractivity contribution < 1.29 is 4.79 Å². The van der Waals surface area contributed by atoms with Crippen molar-refractivity contribution in [3.8, 4) is 0 Å². The van der Waals surface area contributed by atoms with E-state index in [0.717, 1.165) is 57.8 Å². The fraction of sp³-hybridized carbons (Fsp3) is 0.786. The van der Waals surface area contributed by atoms with Crippen molar-refractivity contribution in [2.75, 3.05) is 26.2 Å². The molecule has 3 heterocycles. The van der Waals surface area contributed by atoms with Crippen LogP contribution in [-0.2, 0) is 11.3 Å². The number of piperazine rings is 1. The van der Waals surface area contributed by atoms with Gasteiger partial charge in [-0.25, -0.2) is 15.8 Å². The van der Waals surface area contributed by atoms with E-state index < -0.39 is 0 Å². The monoisotopic (exact) mass is 320 g/mol. The number of hydrogen-bond donors (Lipinski definition) is 4. The number of H-pyrrole nitrogens is 1. The van der Waals surface area contributed by atoms with E-state index in [4.69, 9.17) is 0 Å². The predicted octanol–water partition coefficient (Wildman–Crippen LogP) is -1.40. The topological polar surface area (TPSA) is 101 Å². The van der Waals surface area contributed by atoms with Gasteiger partial charge in [-0.15, -0.1) is 0 Å². The number of rotatable bonds is 3. The number of carbonyl (C=O) groups is 1. The normalized spacial score (nSPS) is 32.0. The number of nitrogens with one attached hydrogen (secondary N) is 4. The molecule has 3 unspecified atom stereocenters. The molecule has 0 aromatic carbocycles. The molecule has 3 atom stereocenters. The van der Waals surface area contributed by atoms with Crippen molar-refractivity contribution in [2.45, 2.75) is 37.9 Å². The lowest BCUT2D eigenvalue weighted by Gasteiger charge is -2.38. The van der Waals surface area contributed by atoms with Crippen LogP contribution in [0.3, 0.4) is 0 Å². The number of hydrazine groups is 2. The molecule has 0 bridgehead atoms. The molecule has 1 saturated carbocycles. The van der Waals surface area contributed by atoms with Gasteiger partial charge in [-0.3, -0.25) is 14.8 Å². The molecule has 9 nitrogen and oxygen atoms in total. The molecule has 4 N–H and O–H groups in total. The van der Waals surface area contributed by atoms with Crippen LogP contribution >= 0.6 is 0 Å². The van der Waals surface area contributed by atoms with Crippen LogP contribution in [0.15, 0.2) is 6.33 Å². The van der Waals surface area contributed by atoms with Gasteiger partial charge >= 0.3 is 0 Å². The maximum absolute atomic E-state index is 12.8. The summed E-state index contributed by atoms with van der Waals surface area (Å²) in [4.78, 5) is 21.3. The molecule has 3 aliphatic rings. The van der Waals surface area contributed by atoms with Crippen LogP contribution < -0.4 is 16.4 Å². The Balaban J connectivity index is 1.27. The summed E-state index contributed by atoms with van der Waals surface area (Å²) in [5.74, 6) is 1.37. The molecule has 4 rings (SSSR count). The molecular weight excluding hydrogens is 296 g/mol. The van der Waals surface area contributed by atoms with E-state index in [1.165, 1.54) is 6.33 Å². The van der Waals surface area contributed by atoms with Gasteiger partial charge in [0.1, 0.15) is 12.2 Å². The lowest BCUT2D eigenvalue weighted by Crippen LogP contribution is -2.52. The fourth-order valence-corrected chi connectivity index (χ4v) is 3.86. The Hall–Kier alpha value is -1.55. The van der Waals surface area contributed by atoms with Crippen molar-refractivity contribution in [1.29, 1.82) is 0 Å². The number of aromatic nitrogens is 3. The van der Waals surface area contributed by atoms with Gasteiger partial charge in [0.25, 0.3) is 0 Å². The van der Waals surface area contributed by atoms with E-state index in [1.807, 2.05) is 4.90 Å². The van der Waals surface area contributed by atoms with Crippen LogP contribution in [0.1, 0.15) is 25.1 Å². The molecule has 0 spiro atoms. The van der Waals surface area contributed by atoms with Crippen molar-refractivity contribution in [1.82, 2.24) is 41.4 Å². The van der Waals surface area contributed by atoms with Gasteiger partial charge in [-0.05, 0) is 19.3 Å². The zero-order valence-corrected chi connectivity index (χ0v) is 13.2. The minimum absolute atomic E-state index is 0.159. The Morgan fingerprint density at radius 3 is 2.78 bits per heavy atom. The number of carbonyl (C=O) groups excluding carboxylic acids is 1. The first-order chi connectivity index (χ1) is 11.3. The molecule has 9 heteroatoms. The third kappa shape index (κ3) is 3.23. The van der Waals surface area contributed by atoms with Crippen molar-refractivity contribution in [2.24, 2.45) is 5.92 Å². The third-order valence-corrected chi connectivity index (χ3v) is 5.24. The summed E-state index contributed by atoms with van der Waals surface area (Å²) in [5, 5.41) is 6.76. The maximum Gasteiger partial charge on any atom is 0.225 e. The van der Waals surface area contributed by atoms with E-state index in [9.17, 15) is 4.79 Å². The first kappa shape index (κ1) is 15.0. The highest BCUT2D eigenvalue weighted by Crippen LogP contribution is 2.27. The summed E-state index contributed by atoms with van der Waals surface area (Å²) in [5.41, 5.74) is 9.42. The van der Waals surface area contributed by atoms with Crippen molar-refractivity contribution >= 4 is 5.91 Å². The van der Waals surface area contributed by atoms with Gasteiger partial charge < -0.3 is 4.90 Å². The van der Waals surface area contributed by atoms with Gasteiger partial charge in [0.05, 0.1) is 6.54 Å². The highest BCUT2D eigenvalue weighted by Gasteiger charge is 2.38. The predicted molar refractivity (Wildman–Crippen MR) is 82.6 cm³/mol. The molecule has 3 fully saturated rings. The average Bonchev–Trinajstić information content (AvgIpc) is 3.25. The summed E-state index contributed by atoms with van der Waals surface area (Å²) >= 11 is 0. The van der Waals surface area contributed by atoms with E-state index >= 15 is 0 Å². The highest BCUT2D eigenvalue weighted by atomic mass is 16.2. The number of fused-ring (bicyclic) bond motifs is 1. The Morgan fingerprint density at radius 1 is 1.17 bits per heavy atom. The zero-order valence-electron chi connectivity index (χ0n) is 13.2. The lowest BCUT2D eigenvalue weighted by molar-refractivity contribution is -0.138. The van der Waals surface area contributed by atoms with E-state index in [2.05, 4.69) is 36.5 Å². The van der Waals surface area contributed by atoms with E-state index in [-0.39, 0.29) is 5.92 Å². The maximum atomic E-state index is 12.8. The van der Waals surface area contributed by atoms with Gasteiger partial charge in [-0.1, -0.05) is 0 Å². The van der Waals surface area contributed by atoms with Crippen LogP contribution in [0, 0.1) is 5.92 Å². The summed E-state index contributed by atoms with van der Waals surface area (Å²) in [7, 11) is 0. The van der Waals surface area contributed by atoms with Crippen molar-refractivity contribution in [3.63, 3.8) is 0 Å². The summed E-state index contributed by atoms with van der Waals surface area (Å²) in [6.45, 7) is 4.18. The van der Waals surface area contributed by atoms with Crippen LogP contribution in [-0.4, -0.2) is 69.2 Å². The van der Waals surface area contributed by atoms with Gasteiger partial charge in [0, 0.05) is 44.2 Å². The summed E-state index contributed by atoms with van der Waals surface area (Å²) in [6.07, 6.45) is 4.48. The Morgan fingerprint density at radius 2 is 2.00 bits per heavy atom. The van der Waals surface area contributed by atoms with E-state index in [1.54, 1.807) is 0 Å². The third-order valence-electron chi connectivity index (χ3n) is 5.24. The summed E-state index contributed by atoms with van der Waals surface area (Å²) in [6, 6.07) is 0.822. The highest BCUT2D eigenvalue weighted by molar-refractivity contribution is 5.79. The lowest BCUT2D eigenvalue weighted by atomic mass is 9.82. The van der Waals surface area contributed by atoms with Crippen LogP contribution in [0.2, 0.25) is 0 Å². The van der Waals surface area contributed by atoms with Crippen LogP contribution in [0.4, 0.5) is 0 Å². The number of aromatic amines is 1. The second-order valence-electron chi connectivity index (χ2n) is 6.67. The molecule has 1 aromatic heterocycles. The molecule has 1 aliphatic carbocycles. The first-order valence-corrected chi connectivity index (χ1v) is 8.41. The van der Waals surface area contributed by atoms with Crippen molar-refractivity contribution in [3.05, 3.63) is 12.2 Å². The molecule has 1 amide bonds. The van der Waals surface area contributed by atoms with Gasteiger partial charge in [0.2, 0.25) is 5.91 Å². The zero-order chi connectivity index (χ0) is 15.6. The fourth-order valence-electron chi connectivity index (χ4n) is 3.86. The molecule has 2 aliphatic heterocycles.